The van der Waals surface area contributed by atoms with Gasteiger partial charge in [-0.05, 0) is 61.9 Å². The Balaban J connectivity index is 1.45. The molecular formula is C22H19Cl2F3N6O4S. The number of nitriles is 1. The van der Waals surface area contributed by atoms with E-state index >= 15 is 0 Å². The van der Waals surface area contributed by atoms with Gasteiger partial charge in [-0.2, -0.15) is 18.4 Å². The summed E-state index contributed by atoms with van der Waals surface area (Å²) in [5.74, 6) is -2.20. The lowest BCUT2D eigenvalue weighted by molar-refractivity contribution is -0.199. The second kappa shape index (κ2) is 8.82. The molecule has 3 fully saturated rings. The number of hydrogen-bond acceptors (Lipinski definition) is 7. The molecule has 0 spiro atoms. The molecule has 2 aliphatic carbocycles. The number of benzene rings is 1. The van der Waals surface area contributed by atoms with Crippen LogP contribution in [0.3, 0.4) is 0 Å². The van der Waals surface area contributed by atoms with E-state index in [1.807, 2.05) is 6.07 Å². The summed E-state index contributed by atoms with van der Waals surface area (Å²) >= 11 is 12.0. The van der Waals surface area contributed by atoms with Crippen molar-refractivity contribution in [3.05, 3.63) is 34.8 Å². The molecule has 1 aromatic heterocycles. The van der Waals surface area contributed by atoms with Crippen molar-refractivity contribution in [2.24, 2.45) is 5.41 Å². The van der Waals surface area contributed by atoms with Crippen LogP contribution >= 0.6 is 23.2 Å². The van der Waals surface area contributed by atoms with Gasteiger partial charge in [-0.25, -0.2) is 18.1 Å². The minimum absolute atomic E-state index is 0.0467. The summed E-state index contributed by atoms with van der Waals surface area (Å²) in [6.45, 7) is -0.632. The maximum absolute atomic E-state index is 13.7. The molecule has 2 aromatic rings. The highest BCUT2D eigenvalue weighted by molar-refractivity contribution is 7.92. The van der Waals surface area contributed by atoms with Crippen molar-refractivity contribution in [1.29, 1.82) is 5.26 Å². The van der Waals surface area contributed by atoms with Crippen LogP contribution in [0.5, 0.6) is 0 Å². The number of amides is 2. The molecular weight excluding hydrogens is 572 g/mol. The molecule has 1 N–H and O–H groups in total. The molecule has 2 atom stereocenters. The largest absolute Gasteiger partial charge is 0.403 e. The second-order valence-electron chi connectivity index (χ2n) is 9.71. The summed E-state index contributed by atoms with van der Waals surface area (Å²) in [5, 5.41) is 14.0. The van der Waals surface area contributed by atoms with E-state index < -0.39 is 75.9 Å². The monoisotopic (exact) mass is 590 g/mol. The molecule has 10 nitrogen and oxygen atoms in total. The Kier molecular flexibility index (Phi) is 6.20. The van der Waals surface area contributed by atoms with Gasteiger partial charge in [0.15, 0.2) is 9.84 Å². The van der Waals surface area contributed by atoms with Crippen molar-refractivity contribution in [1.82, 2.24) is 25.0 Å². The molecule has 3 aliphatic rings. The maximum atomic E-state index is 13.7. The Labute approximate surface area is 224 Å². The van der Waals surface area contributed by atoms with Crippen LogP contribution in [0.2, 0.25) is 10.3 Å². The van der Waals surface area contributed by atoms with Crippen molar-refractivity contribution < 1.29 is 31.2 Å². The predicted molar refractivity (Wildman–Crippen MR) is 126 cm³/mol. The van der Waals surface area contributed by atoms with Gasteiger partial charge in [0, 0.05) is 6.54 Å². The minimum Gasteiger partial charge on any atom is -0.336 e. The molecule has 202 valence electrons. The minimum atomic E-state index is -4.85. The van der Waals surface area contributed by atoms with Gasteiger partial charge in [0.1, 0.15) is 23.3 Å². The standard InChI is InChI=1S/C22H19Cl2F3N6O4S/c23-14-7-12(33-11-29-19(24)31-33)1-2-16(14)38(36,37)13-8-15(17(34)30-20(10-28)3-4-20)32(9-13)18(35)21(5-6-21)22(25,26)27/h1-2,7,11,13,15H,3-6,8-9H2,(H,30,34)/t13-,15+/m1/s1. The van der Waals surface area contributed by atoms with Crippen molar-refractivity contribution in [3.63, 3.8) is 0 Å². The van der Waals surface area contributed by atoms with E-state index in [0.29, 0.717) is 23.4 Å². The third-order valence-electron chi connectivity index (χ3n) is 7.24. The zero-order chi connectivity index (χ0) is 27.7. The number of halogens is 5. The summed E-state index contributed by atoms with van der Waals surface area (Å²) in [7, 11) is -4.31. The van der Waals surface area contributed by atoms with Crippen molar-refractivity contribution in [3.8, 4) is 11.8 Å². The Morgan fingerprint density at radius 1 is 1.18 bits per heavy atom. The third kappa shape index (κ3) is 4.40. The molecule has 38 heavy (non-hydrogen) atoms. The summed E-state index contributed by atoms with van der Waals surface area (Å²) in [6, 6.07) is 4.34. The first-order valence-electron chi connectivity index (χ1n) is 11.5. The zero-order valence-corrected chi connectivity index (χ0v) is 21.7. The fraction of sp³-hybridized carbons (Fsp3) is 0.500. The zero-order valence-electron chi connectivity index (χ0n) is 19.4. The molecule has 0 bridgehead atoms. The number of carbonyl (C=O) groups excluding carboxylic acids is 2. The van der Waals surface area contributed by atoms with Crippen LogP contribution in [0, 0.1) is 16.7 Å². The van der Waals surface area contributed by atoms with Crippen LogP contribution in [0.25, 0.3) is 5.69 Å². The smallest absolute Gasteiger partial charge is 0.336 e. The number of sulfone groups is 1. The van der Waals surface area contributed by atoms with Gasteiger partial charge in [0.2, 0.25) is 17.1 Å². The number of hydrogen-bond donors (Lipinski definition) is 1. The topological polar surface area (TPSA) is 138 Å². The first kappa shape index (κ1) is 26.7. The lowest BCUT2D eigenvalue weighted by atomic mass is 10.0. The molecule has 2 heterocycles. The van der Waals surface area contributed by atoms with Gasteiger partial charge in [-0.15, -0.1) is 5.10 Å². The van der Waals surface area contributed by atoms with Crippen molar-refractivity contribution in [2.75, 3.05) is 6.54 Å². The van der Waals surface area contributed by atoms with E-state index in [9.17, 15) is 36.4 Å². The Morgan fingerprint density at radius 2 is 1.87 bits per heavy atom. The average Bonchev–Trinajstić information content (AvgIpc) is 3.73. The summed E-state index contributed by atoms with van der Waals surface area (Å²) in [4.78, 5) is 30.3. The van der Waals surface area contributed by atoms with Crippen LogP contribution in [0.4, 0.5) is 13.2 Å². The molecule has 2 amide bonds. The number of nitrogens with zero attached hydrogens (tertiary/aromatic N) is 5. The van der Waals surface area contributed by atoms with E-state index in [-0.39, 0.29) is 15.2 Å². The first-order valence-corrected chi connectivity index (χ1v) is 13.8. The molecule has 1 aliphatic heterocycles. The number of rotatable bonds is 6. The normalized spacial score (nSPS) is 23.5. The fourth-order valence-corrected chi connectivity index (χ4v) is 7.00. The molecule has 0 unspecified atom stereocenters. The summed E-state index contributed by atoms with van der Waals surface area (Å²) in [5.41, 5.74) is -3.46. The third-order valence-corrected chi connectivity index (χ3v) is 10.0. The highest BCUT2D eigenvalue weighted by Gasteiger charge is 2.70. The van der Waals surface area contributed by atoms with Crippen LogP contribution in [0.15, 0.2) is 29.4 Å². The summed E-state index contributed by atoms with van der Waals surface area (Å²) < 4.78 is 69.6. The van der Waals surface area contributed by atoms with E-state index in [1.54, 1.807) is 0 Å². The predicted octanol–water partition coefficient (Wildman–Crippen LogP) is 2.83. The average molecular weight is 591 g/mol. The quantitative estimate of drug-likeness (QED) is 0.546. The first-order chi connectivity index (χ1) is 17.7. The van der Waals surface area contributed by atoms with E-state index in [4.69, 9.17) is 23.2 Å². The highest BCUT2D eigenvalue weighted by Crippen LogP contribution is 2.59. The lowest BCUT2D eigenvalue weighted by Gasteiger charge is -2.29. The van der Waals surface area contributed by atoms with E-state index in [2.05, 4.69) is 15.4 Å². The highest BCUT2D eigenvalue weighted by atomic mass is 35.5. The van der Waals surface area contributed by atoms with Crippen LogP contribution in [-0.2, 0) is 19.4 Å². The second-order valence-corrected chi connectivity index (χ2v) is 12.7. The maximum Gasteiger partial charge on any atom is 0.403 e. The number of aromatic nitrogens is 3. The number of alkyl halides is 3. The Morgan fingerprint density at radius 3 is 2.37 bits per heavy atom. The summed E-state index contributed by atoms with van der Waals surface area (Å²) in [6.07, 6.45) is -4.21. The molecule has 1 saturated heterocycles. The van der Waals surface area contributed by atoms with E-state index in [0.717, 1.165) is 0 Å². The Hall–Kier alpha value is -2.89. The molecule has 5 rings (SSSR count). The van der Waals surface area contributed by atoms with E-state index in [1.165, 1.54) is 29.2 Å². The van der Waals surface area contributed by atoms with Crippen molar-refractivity contribution in [2.45, 2.75) is 60.0 Å². The molecule has 0 radical (unpaired) electrons. The lowest BCUT2D eigenvalue weighted by Crippen LogP contribution is -2.53. The Bertz CT molecular complexity index is 1480. The number of carbonyl (C=O) groups is 2. The van der Waals surface area contributed by atoms with Crippen LogP contribution in [-0.4, -0.2) is 69.4 Å². The van der Waals surface area contributed by atoms with Gasteiger partial charge < -0.3 is 10.2 Å². The molecule has 16 heteroatoms. The number of likely N-dealkylation sites (tertiary alicyclic amines) is 1. The molecule has 2 saturated carbocycles. The van der Waals surface area contributed by atoms with Gasteiger partial charge in [0.05, 0.1) is 26.9 Å². The molecule has 1 aromatic carbocycles. The van der Waals surface area contributed by atoms with Crippen LogP contribution in [0.1, 0.15) is 32.1 Å². The van der Waals surface area contributed by atoms with Crippen LogP contribution < -0.4 is 5.32 Å². The van der Waals surface area contributed by atoms with Gasteiger partial charge >= 0.3 is 6.18 Å². The van der Waals surface area contributed by atoms with Gasteiger partial charge in [-0.1, -0.05) is 11.6 Å². The number of nitrogens with one attached hydrogen (secondary N) is 1. The van der Waals surface area contributed by atoms with Gasteiger partial charge in [-0.3, -0.25) is 9.59 Å². The SMILES string of the molecule is N#CC1(NC(=O)[C@@H]2C[C@@H](S(=O)(=O)c3ccc(-n4cnc(Cl)n4)cc3Cl)CN2C(=O)C2(C(F)(F)F)CC2)CC1. The van der Waals surface area contributed by atoms with Crippen molar-refractivity contribution >= 4 is 44.9 Å². The fourth-order valence-electron chi connectivity index (χ4n) is 4.63. The van der Waals surface area contributed by atoms with Gasteiger partial charge in [0.25, 0.3) is 0 Å².